The topological polar surface area (TPSA) is 92.7 Å². The average molecular weight is 401 g/mol. The molecule has 154 valence electrons. The molecule has 0 aliphatic carbocycles. The van der Waals surface area contributed by atoms with Crippen LogP contribution in [0.3, 0.4) is 0 Å². The number of benzene rings is 2. The zero-order chi connectivity index (χ0) is 21.2. The molecule has 1 amide bonds. The molecule has 0 spiro atoms. The maximum absolute atomic E-state index is 13.4. The zero-order valence-electron chi connectivity index (χ0n) is 16.2. The van der Waals surface area contributed by atoms with Crippen molar-refractivity contribution in [2.75, 3.05) is 6.61 Å². The van der Waals surface area contributed by atoms with Gasteiger partial charge in [-0.3, -0.25) is 14.4 Å². The predicted molar refractivity (Wildman–Crippen MR) is 106 cm³/mol. The molecule has 29 heavy (non-hydrogen) atoms. The molecular weight excluding hydrogens is 377 g/mol. The molecule has 0 aromatic heterocycles. The van der Waals surface area contributed by atoms with Gasteiger partial charge in [0, 0.05) is 12.5 Å². The number of halogens is 1. The first-order valence-electron chi connectivity index (χ1n) is 9.39. The molecule has 2 N–H and O–H groups in total. The number of amides is 1. The molecule has 6 nitrogen and oxygen atoms in total. The molecule has 0 aliphatic rings. The molecule has 0 saturated heterocycles. The molecule has 0 saturated carbocycles. The SMILES string of the molecule is CCOC(=O)C[C@@H](Cc1ccc(-c2cccc(F)c2)cc1)NC(=O)CCC(=O)O. The van der Waals surface area contributed by atoms with Gasteiger partial charge in [0.2, 0.25) is 5.91 Å². The summed E-state index contributed by atoms with van der Waals surface area (Å²) in [6, 6.07) is 13.1. The lowest BCUT2D eigenvalue weighted by atomic mass is 9.99. The predicted octanol–water partition coefficient (Wildman–Crippen LogP) is 3.34. The molecule has 1 atom stereocenters. The Morgan fingerprint density at radius 3 is 2.41 bits per heavy atom. The van der Waals surface area contributed by atoms with Crippen LogP contribution >= 0.6 is 0 Å². The van der Waals surface area contributed by atoms with Crippen molar-refractivity contribution in [3.05, 3.63) is 59.9 Å². The molecule has 0 radical (unpaired) electrons. The largest absolute Gasteiger partial charge is 0.481 e. The minimum Gasteiger partial charge on any atom is -0.481 e. The number of carbonyl (C=O) groups is 3. The van der Waals surface area contributed by atoms with Crippen molar-refractivity contribution in [3.8, 4) is 11.1 Å². The molecule has 2 aromatic carbocycles. The van der Waals surface area contributed by atoms with Crippen LogP contribution in [0.4, 0.5) is 4.39 Å². The number of carboxylic acids is 1. The second kappa shape index (κ2) is 10.9. The van der Waals surface area contributed by atoms with E-state index in [1.54, 1.807) is 13.0 Å². The van der Waals surface area contributed by atoms with Crippen molar-refractivity contribution in [2.24, 2.45) is 0 Å². The van der Waals surface area contributed by atoms with Gasteiger partial charge in [0.1, 0.15) is 5.82 Å². The van der Waals surface area contributed by atoms with E-state index in [0.29, 0.717) is 6.42 Å². The van der Waals surface area contributed by atoms with Gasteiger partial charge in [-0.05, 0) is 42.2 Å². The van der Waals surface area contributed by atoms with E-state index in [1.807, 2.05) is 30.3 Å². The number of rotatable bonds is 10. The van der Waals surface area contributed by atoms with Crippen LogP contribution in [0, 0.1) is 5.82 Å². The standard InChI is InChI=1S/C22H24FNO5/c1-2-29-22(28)14-19(24-20(25)10-11-21(26)27)12-15-6-8-16(9-7-15)17-4-3-5-18(23)13-17/h3-9,13,19H,2,10-12,14H2,1H3,(H,24,25)(H,26,27)/t19-/m1/s1. The minimum absolute atomic E-state index is 0.0156. The number of carbonyl (C=O) groups excluding carboxylic acids is 2. The fourth-order valence-corrected chi connectivity index (χ4v) is 2.90. The monoisotopic (exact) mass is 401 g/mol. The summed E-state index contributed by atoms with van der Waals surface area (Å²) in [6.45, 7) is 1.93. The van der Waals surface area contributed by atoms with E-state index in [4.69, 9.17) is 9.84 Å². The van der Waals surface area contributed by atoms with Gasteiger partial charge in [0.05, 0.1) is 19.4 Å². The maximum Gasteiger partial charge on any atom is 0.307 e. The molecule has 0 fully saturated rings. The number of carboxylic acid groups (broad SMARTS) is 1. The van der Waals surface area contributed by atoms with Crippen LogP contribution in [0.1, 0.15) is 31.7 Å². The van der Waals surface area contributed by atoms with E-state index in [9.17, 15) is 18.8 Å². The Balaban J connectivity index is 2.07. The van der Waals surface area contributed by atoms with Gasteiger partial charge in [-0.25, -0.2) is 4.39 Å². The van der Waals surface area contributed by atoms with Crippen molar-refractivity contribution in [1.82, 2.24) is 5.32 Å². The van der Waals surface area contributed by atoms with Crippen molar-refractivity contribution in [2.45, 2.75) is 38.6 Å². The van der Waals surface area contributed by atoms with E-state index < -0.39 is 23.9 Å². The van der Waals surface area contributed by atoms with E-state index in [0.717, 1.165) is 16.7 Å². The minimum atomic E-state index is -1.06. The van der Waals surface area contributed by atoms with Gasteiger partial charge in [-0.1, -0.05) is 36.4 Å². The summed E-state index contributed by atoms with van der Waals surface area (Å²) in [5, 5.41) is 11.4. The van der Waals surface area contributed by atoms with Gasteiger partial charge in [-0.15, -0.1) is 0 Å². The lowest BCUT2D eigenvalue weighted by Crippen LogP contribution is -2.38. The van der Waals surface area contributed by atoms with E-state index in [-0.39, 0.29) is 31.7 Å². The fourth-order valence-electron chi connectivity index (χ4n) is 2.90. The number of ether oxygens (including phenoxy) is 1. The number of nitrogens with one attached hydrogen (secondary N) is 1. The molecule has 0 bridgehead atoms. The molecule has 2 aromatic rings. The van der Waals surface area contributed by atoms with Crippen LogP contribution in [0.2, 0.25) is 0 Å². The second-order valence-corrected chi connectivity index (χ2v) is 6.58. The third-order valence-corrected chi connectivity index (χ3v) is 4.24. The van der Waals surface area contributed by atoms with Crippen LogP contribution < -0.4 is 5.32 Å². The smallest absolute Gasteiger partial charge is 0.307 e. The Morgan fingerprint density at radius 2 is 1.79 bits per heavy atom. The third kappa shape index (κ3) is 7.73. The highest BCUT2D eigenvalue weighted by Gasteiger charge is 2.18. The summed E-state index contributed by atoms with van der Waals surface area (Å²) in [5.74, 6) is -2.24. The first kappa shape index (κ1) is 22.1. The van der Waals surface area contributed by atoms with E-state index in [1.165, 1.54) is 12.1 Å². The first-order valence-corrected chi connectivity index (χ1v) is 9.39. The Hall–Kier alpha value is -3.22. The van der Waals surface area contributed by atoms with Crippen LogP contribution in [-0.4, -0.2) is 35.6 Å². The van der Waals surface area contributed by atoms with Crippen LogP contribution in [-0.2, 0) is 25.5 Å². The Kier molecular flexibility index (Phi) is 8.33. The fraction of sp³-hybridized carbons (Fsp3) is 0.318. The van der Waals surface area contributed by atoms with Crippen molar-refractivity contribution < 1.29 is 28.6 Å². The number of hydrogen-bond acceptors (Lipinski definition) is 4. The van der Waals surface area contributed by atoms with Crippen LogP contribution in [0.5, 0.6) is 0 Å². The summed E-state index contributed by atoms with van der Waals surface area (Å²) in [7, 11) is 0. The van der Waals surface area contributed by atoms with Gasteiger partial charge < -0.3 is 15.2 Å². The number of hydrogen-bond donors (Lipinski definition) is 2. The molecule has 0 unspecified atom stereocenters. The Labute approximate surface area is 168 Å². The lowest BCUT2D eigenvalue weighted by Gasteiger charge is -2.18. The molecule has 0 aliphatic heterocycles. The summed E-state index contributed by atoms with van der Waals surface area (Å²) < 4.78 is 18.4. The molecule has 0 heterocycles. The van der Waals surface area contributed by atoms with Crippen molar-refractivity contribution in [3.63, 3.8) is 0 Å². The van der Waals surface area contributed by atoms with E-state index >= 15 is 0 Å². The Morgan fingerprint density at radius 1 is 1.07 bits per heavy atom. The second-order valence-electron chi connectivity index (χ2n) is 6.58. The highest BCUT2D eigenvalue weighted by atomic mass is 19.1. The average Bonchev–Trinajstić information content (AvgIpc) is 2.67. The van der Waals surface area contributed by atoms with Gasteiger partial charge >= 0.3 is 11.9 Å². The van der Waals surface area contributed by atoms with Crippen LogP contribution in [0.25, 0.3) is 11.1 Å². The van der Waals surface area contributed by atoms with Gasteiger partial charge in [0.25, 0.3) is 0 Å². The van der Waals surface area contributed by atoms with Crippen LogP contribution in [0.15, 0.2) is 48.5 Å². The quantitative estimate of drug-likeness (QED) is 0.596. The maximum atomic E-state index is 13.4. The Bertz CT molecular complexity index is 851. The highest BCUT2D eigenvalue weighted by Crippen LogP contribution is 2.21. The lowest BCUT2D eigenvalue weighted by molar-refractivity contribution is -0.144. The highest BCUT2D eigenvalue weighted by molar-refractivity contribution is 5.81. The molecule has 2 rings (SSSR count). The third-order valence-electron chi connectivity index (χ3n) is 4.24. The number of esters is 1. The number of aliphatic carboxylic acids is 1. The van der Waals surface area contributed by atoms with Crippen molar-refractivity contribution >= 4 is 17.8 Å². The van der Waals surface area contributed by atoms with Gasteiger partial charge in [0.15, 0.2) is 0 Å². The zero-order valence-corrected chi connectivity index (χ0v) is 16.2. The normalized spacial score (nSPS) is 11.5. The summed E-state index contributed by atoms with van der Waals surface area (Å²) in [6.07, 6.45) is -0.0766. The molecular formula is C22H24FNO5. The summed E-state index contributed by atoms with van der Waals surface area (Å²) in [4.78, 5) is 34.5. The molecule has 7 heteroatoms. The van der Waals surface area contributed by atoms with E-state index in [2.05, 4.69) is 5.32 Å². The summed E-state index contributed by atoms with van der Waals surface area (Å²) in [5.41, 5.74) is 2.47. The first-order chi connectivity index (χ1) is 13.9. The summed E-state index contributed by atoms with van der Waals surface area (Å²) >= 11 is 0. The van der Waals surface area contributed by atoms with Crippen molar-refractivity contribution in [1.29, 1.82) is 0 Å². The van der Waals surface area contributed by atoms with Gasteiger partial charge in [-0.2, -0.15) is 0 Å².